The number of ketones is 1. The number of hydrogen-bond donors (Lipinski definition) is 0. The lowest BCUT2D eigenvalue weighted by Crippen LogP contribution is -2.16. The fourth-order valence-corrected chi connectivity index (χ4v) is 3.18. The van der Waals surface area contributed by atoms with Crippen LogP contribution in [0.3, 0.4) is 0 Å². The first-order valence-corrected chi connectivity index (χ1v) is 8.66. The third-order valence-corrected chi connectivity index (χ3v) is 4.63. The fraction of sp³-hybridized carbons (Fsp3) is 0.333. The quantitative estimate of drug-likeness (QED) is 0.586. The Bertz CT molecular complexity index is 825. The van der Waals surface area contributed by atoms with Crippen molar-refractivity contribution in [2.45, 2.75) is 25.7 Å². The molecule has 3 rings (SSSR count). The summed E-state index contributed by atoms with van der Waals surface area (Å²) >= 11 is 0. The molecule has 0 spiro atoms. The van der Waals surface area contributed by atoms with Gasteiger partial charge in [0.25, 0.3) is 0 Å². The molecular formula is C21H22O5. The lowest BCUT2D eigenvalue weighted by atomic mass is 9.90. The molecule has 0 amide bonds. The molecule has 1 aliphatic carbocycles. The zero-order valence-electron chi connectivity index (χ0n) is 15.0. The first-order chi connectivity index (χ1) is 12.6. The molecule has 0 saturated carbocycles. The summed E-state index contributed by atoms with van der Waals surface area (Å²) in [6.45, 7) is -0.348. The summed E-state index contributed by atoms with van der Waals surface area (Å²) in [6, 6.07) is 10.6. The average Bonchev–Trinajstić information content (AvgIpc) is 2.70. The van der Waals surface area contributed by atoms with Gasteiger partial charge in [0.05, 0.1) is 25.3 Å². The van der Waals surface area contributed by atoms with Gasteiger partial charge >= 0.3 is 5.97 Å². The van der Waals surface area contributed by atoms with E-state index >= 15 is 0 Å². The summed E-state index contributed by atoms with van der Waals surface area (Å²) in [4.78, 5) is 24.8. The molecule has 0 unspecified atom stereocenters. The Morgan fingerprint density at radius 1 is 0.923 bits per heavy atom. The van der Waals surface area contributed by atoms with Crippen LogP contribution in [0.4, 0.5) is 0 Å². The summed E-state index contributed by atoms with van der Waals surface area (Å²) in [6.07, 6.45) is 4.36. The molecule has 1 aliphatic rings. The van der Waals surface area contributed by atoms with Gasteiger partial charge in [-0.25, -0.2) is 4.79 Å². The van der Waals surface area contributed by atoms with Crippen molar-refractivity contribution >= 4 is 11.8 Å². The zero-order chi connectivity index (χ0) is 18.5. The van der Waals surface area contributed by atoms with Crippen LogP contribution in [0.5, 0.6) is 11.5 Å². The molecule has 5 nitrogen and oxygen atoms in total. The number of aryl methyl sites for hydroxylation is 2. The number of benzene rings is 2. The van der Waals surface area contributed by atoms with Gasteiger partial charge in [0.1, 0.15) is 11.5 Å². The average molecular weight is 354 g/mol. The molecule has 0 bridgehead atoms. The van der Waals surface area contributed by atoms with E-state index in [1.165, 1.54) is 31.8 Å². The molecule has 136 valence electrons. The van der Waals surface area contributed by atoms with Crippen LogP contribution in [0.2, 0.25) is 0 Å². The van der Waals surface area contributed by atoms with E-state index < -0.39 is 5.97 Å². The van der Waals surface area contributed by atoms with Gasteiger partial charge in [0.15, 0.2) is 6.61 Å². The van der Waals surface area contributed by atoms with Gasteiger partial charge in [-0.15, -0.1) is 0 Å². The van der Waals surface area contributed by atoms with Crippen molar-refractivity contribution in [3.63, 3.8) is 0 Å². The van der Waals surface area contributed by atoms with Crippen molar-refractivity contribution < 1.29 is 23.8 Å². The number of carbonyl (C=O) groups excluding carboxylic acids is 2. The molecular weight excluding hydrogens is 332 g/mol. The van der Waals surface area contributed by atoms with Crippen molar-refractivity contribution in [1.82, 2.24) is 0 Å². The Hall–Kier alpha value is -2.82. The van der Waals surface area contributed by atoms with E-state index in [0.717, 1.165) is 19.3 Å². The highest BCUT2D eigenvalue weighted by atomic mass is 16.5. The number of esters is 1. The molecule has 26 heavy (non-hydrogen) atoms. The second-order valence-electron chi connectivity index (χ2n) is 6.26. The van der Waals surface area contributed by atoms with Gasteiger partial charge in [-0.05, 0) is 67.1 Å². The van der Waals surface area contributed by atoms with Crippen LogP contribution in [-0.2, 0) is 17.6 Å². The second kappa shape index (κ2) is 8.04. The Morgan fingerprint density at radius 2 is 1.69 bits per heavy atom. The number of fused-ring (bicyclic) bond motifs is 1. The van der Waals surface area contributed by atoms with E-state index in [1.807, 2.05) is 12.1 Å². The number of methoxy groups -OCH3 is 2. The molecule has 2 aromatic rings. The topological polar surface area (TPSA) is 61.8 Å². The molecule has 0 fully saturated rings. The van der Waals surface area contributed by atoms with Crippen molar-refractivity contribution in [2.24, 2.45) is 0 Å². The maximum Gasteiger partial charge on any atom is 0.338 e. The lowest BCUT2D eigenvalue weighted by molar-refractivity contribution is 0.0473. The van der Waals surface area contributed by atoms with Crippen molar-refractivity contribution in [1.29, 1.82) is 0 Å². The number of ether oxygens (including phenoxy) is 3. The number of hydrogen-bond acceptors (Lipinski definition) is 5. The van der Waals surface area contributed by atoms with Crippen LogP contribution in [0.1, 0.15) is 44.7 Å². The smallest absolute Gasteiger partial charge is 0.338 e. The third kappa shape index (κ3) is 3.87. The molecule has 0 aromatic heterocycles. The summed E-state index contributed by atoms with van der Waals surface area (Å²) in [5.74, 6) is 0.122. The summed E-state index contributed by atoms with van der Waals surface area (Å²) in [5, 5.41) is 0. The summed E-state index contributed by atoms with van der Waals surface area (Å²) < 4.78 is 15.6. The fourth-order valence-electron chi connectivity index (χ4n) is 3.18. The van der Waals surface area contributed by atoms with E-state index in [9.17, 15) is 9.59 Å². The van der Waals surface area contributed by atoms with Crippen LogP contribution >= 0.6 is 0 Å². The van der Waals surface area contributed by atoms with E-state index in [1.54, 1.807) is 24.3 Å². The zero-order valence-corrected chi connectivity index (χ0v) is 15.0. The Labute approximate surface area is 152 Å². The minimum atomic E-state index is -0.492. The maximum absolute atomic E-state index is 12.4. The number of Topliss-reactive ketones (excluding diaryl/α,β-unsaturated/α-hetero) is 1. The second-order valence-corrected chi connectivity index (χ2v) is 6.26. The maximum atomic E-state index is 12.4. The molecule has 0 radical (unpaired) electrons. The highest BCUT2D eigenvalue weighted by molar-refractivity contribution is 6.01. The van der Waals surface area contributed by atoms with Gasteiger partial charge in [0.2, 0.25) is 5.78 Å². The molecule has 0 saturated heterocycles. The third-order valence-electron chi connectivity index (χ3n) is 4.63. The molecule has 0 N–H and O–H groups in total. The standard InChI is InChI=1S/C21H22O5/c1-24-17-9-10-20(25-2)18(12-17)19(22)13-26-21(23)16-8-7-14-5-3-4-6-15(14)11-16/h7-12H,3-6,13H2,1-2H3. The van der Waals surface area contributed by atoms with Crippen molar-refractivity contribution in [3.8, 4) is 11.5 Å². The van der Waals surface area contributed by atoms with Crippen molar-refractivity contribution in [3.05, 3.63) is 58.7 Å². The van der Waals surface area contributed by atoms with Crippen LogP contribution in [-0.4, -0.2) is 32.6 Å². The minimum absolute atomic E-state index is 0.324. The first kappa shape index (κ1) is 18.0. The summed E-state index contributed by atoms with van der Waals surface area (Å²) in [7, 11) is 3.00. The Kier molecular flexibility index (Phi) is 5.56. The summed E-state index contributed by atoms with van der Waals surface area (Å²) in [5.41, 5.74) is 3.30. The first-order valence-electron chi connectivity index (χ1n) is 8.66. The molecule has 0 aliphatic heterocycles. The number of carbonyl (C=O) groups is 2. The molecule has 0 heterocycles. The van der Waals surface area contributed by atoms with Crippen LogP contribution in [0.25, 0.3) is 0 Å². The van der Waals surface area contributed by atoms with Gasteiger partial charge in [-0.2, -0.15) is 0 Å². The normalized spacial score (nSPS) is 12.8. The van der Waals surface area contributed by atoms with Crippen LogP contribution in [0.15, 0.2) is 36.4 Å². The van der Waals surface area contributed by atoms with Gasteiger partial charge in [-0.3, -0.25) is 4.79 Å². The molecule has 5 heteroatoms. The molecule has 0 atom stereocenters. The Morgan fingerprint density at radius 3 is 2.42 bits per heavy atom. The number of rotatable bonds is 6. The largest absolute Gasteiger partial charge is 0.497 e. The predicted octanol–water partition coefficient (Wildman–Crippen LogP) is 3.62. The van der Waals surface area contributed by atoms with Crippen LogP contribution in [0, 0.1) is 0 Å². The van der Waals surface area contributed by atoms with Crippen molar-refractivity contribution in [2.75, 3.05) is 20.8 Å². The van der Waals surface area contributed by atoms with Gasteiger partial charge < -0.3 is 14.2 Å². The monoisotopic (exact) mass is 354 g/mol. The van der Waals surface area contributed by atoms with E-state index in [4.69, 9.17) is 14.2 Å². The van der Waals surface area contributed by atoms with Gasteiger partial charge in [-0.1, -0.05) is 6.07 Å². The highest BCUT2D eigenvalue weighted by Gasteiger charge is 2.18. The minimum Gasteiger partial charge on any atom is -0.497 e. The Balaban J connectivity index is 1.69. The highest BCUT2D eigenvalue weighted by Crippen LogP contribution is 2.25. The molecule has 2 aromatic carbocycles. The van der Waals surface area contributed by atoms with E-state index in [2.05, 4.69) is 0 Å². The van der Waals surface area contributed by atoms with Gasteiger partial charge in [0, 0.05) is 0 Å². The SMILES string of the molecule is COc1ccc(OC)c(C(=O)COC(=O)c2ccc3c(c2)CCCC3)c1. The van der Waals surface area contributed by atoms with E-state index in [0.29, 0.717) is 22.6 Å². The predicted molar refractivity (Wildman–Crippen MR) is 97.2 cm³/mol. The lowest BCUT2D eigenvalue weighted by Gasteiger charge is -2.16. The van der Waals surface area contributed by atoms with E-state index in [-0.39, 0.29) is 12.4 Å². The van der Waals surface area contributed by atoms with Crippen LogP contribution < -0.4 is 9.47 Å².